The minimum absolute atomic E-state index is 0.424. The highest BCUT2D eigenvalue weighted by Gasteiger charge is 2.20. The number of benzene rings is 1. The summed E-state index contributed by atoms with van der Waals surface area (Å²) in [7, 11) is 0. The lowest BCUT2D eigenvalue weighted by molar-refractivity contribution is 1.44. The highest BCUT2D eigenvalue weighted by Crippen LogP contribution is 2.20. The summed E-state index contributed by atoms with van der Waals surface area (Å²) >= 11 is 0. The van der Waals surface area contributed by atoms with Gasteiger partial charge in [-0.05, 0) is 6.07 Å². The lowest BCUT2D eigenvalue weighted by Gasteiger charge is -2.04. The van der Waals surface area contributed by atoms with Gasteiger partial charge in [0, 0.05) is 18.2 Å². The van der Waals surface area contributed by atoms with E-state index in [0.717, 1.165) is 11.1 Å². The lowest BCUT2D eigenvalue weighted by Crippen LogP contribution is -2.06. The molecular weight excluding hydrogens is 146 g/mol. The summed E-state index contributed by atoms with van der Waals surface area (Å²) in [4.78, 5) is 0. The van der Waals surface area contributed by atoms with Crippen LogP contribution < -0.4 is 0 Å². The van der Waals surface area contributed by atoms with Crippen LogP contribution >= 0.6 is 0 Å². The molecule has 1 aromatic carbocycles. The van der Waals surface area contributed by atoms with Gasteiger partial charge in [-0.15, -0.1) is 0 Å². The summed E-state index contributed by atoms with van der Waals surface area (Å²) in [5.41, 5.74) is 2.94. The Bertz CT molecular complexity index is 386. The largest absolute Gasteiger partial charge is 0.233 e. The van der Waals surface area contributed by atoms with Crippen LogP contribution in [0.5, 0.6) is 0 Å². The SMILES string of the molecule is [CH+]=C1C=Cc2ccccc2C1=N. The van der Waals surface area contributed by atoms with Crippen LogP contribution in [0.1, 0.15) is 11.1 Å². The van der Waals surface area contributed by atoms with Crippen molar-refractivity contribution in [3.05, 3.63) is 53.6 Å². The molecule has 0 fully saturated rings. The van der Waals surface area contributed by atoms with Gasteiger partial charge in [0.15, 0.2) is 5.71 Å². The van der Waals surface area contributed by atoms with Crippen molar-refractivity contribution in [3.8, 4) is 0 Å². The zero-order valence-electron chi connectivity index (χ0n) is 6.54. The molecule has 0 amide bonds. The predicted octanol–water partition coefficient (Wildman–Crippen LogP) is 2.44. The van der Waals surface area contributed by atoms with Gasteiger partial charge < -0.3 is 0 Å². The van der Waals surface area contributed by atoms with Crippen LogP contribution in [0.2, 0.25) is 0 Å². The fourth-order valence-corrected chi connectivity index (χ4v) is 1.29. The maximum atomic E-state index is 7.66. The van der Waals surface area contributed by atoms with Crippen LogP contribution in [-0.2, 0) is 0 Å². The summed E-state index contributed by atoms with van der Waals surface area (Å²) in [5.74, 6) is 0. The highest BCUT2D eigenvalue weighted by molar-refractivity contribution is 6.16. The van der Waals surface area contributed by atoms with Gasteiger partial charge in [0.25, 0.3) is 0 Å². The maximum Gasteiger partial charge on any atom is 0.206 e. The summed E-state index contributed by atoms with van der Waals surface area (Å²) < 4.78 is 0. The monoisotopic (exact) mass is 154 g/mol. The third kappa shape index (κ3) is 0.884. The summed E-state index contributed by atoms with van der Waals surface area (Å²) in [6.45, 7) is 5.60. The Morgan fingerprint density at radius 2 is 1.83 bits per heavy atom. The number of hydrogen-bond donors (Lipinski definition) is 1. The third-order valence-electron chi connectivity index (χ3n) is 1.96. The smallest absolute Gasteiger partial charge is 0.206 e. The summed E-state index contributed by atoms with van der Waals surface area (Å²) in [6, 6.07) is 7.76. The molecule has 0 unspecified atom stereocenters. The van der Waals surface area contributed by atoms with Crippen molar-refractivity contribution < 1.29 is 0 Å². The Kier molecular flexibility index (Phi) is 1.39. The molecule has 12 heavy (non-hydrogen) atoms. The first kappa shape index (κ1) is 6.96. The maximum absolute atomic E-state index is 7.66. The average Bonchev–Trinajstić information content (AvgIpc) is 2.12. The van der Waals surface area contributed by atoms with Gasteiger partial charge in [0.1, 0.15) is 0 Å². The lowest BCUT2D eigenvalue weighted by atomic mass is 9.93. The normalized spacial score (nSPS) is 14.6. The molecule has 0 atom stereocenters. The molecule has 1 aliphatic rings. The molecular formula is C11H8N+. The first-order chi connectivity index (χ1) is 5.79. The molecule has 0 aliphatic heterocycles. The first-order valence-electron chi connectivity index (χ1n) is 3.78. The molecule has 1 heteroatoms. The second-order valence-electron chi connectivity index (χ2n) is 2.75. The van der Waals surface area contributed by atoms with E-state index in [1.54, 1.807) is 6.08 Å². The fourth-order valence-electron chi connectivity index (χ4n) is 1.29. The van der Waals surface area contributed by atoms with E-state index in [-0.39, 0.29) is 0 Å². The van der Waals surface area contributed by atoms with Gasteiger partial charge in [-0.3, -0.25) is 0 Å². The molecule has 0 bridgehead atoms. The molecule has 1 aromatic rings. The van der Waals surface area contributed by atoms with Crippen molar-refractivity contribution in [2.75, 3.05) is 0 Å². The zero-order valence-corrected chi connectivity index (χ0v) is 6.54. The summed E-state index contributed by atoms with van der Waals surface area (Å²) in [6.07, 6.45) is 3.70. The molecule has 1 nitrogen and oxygen atoms in total. The molecule has 0 aromatic heterocycles. The van der Waals surface area contributed by atoms with Crippen molar-refractivity contribution in [2.45, 2.75) is 0 Å². The van der Waals surface area contributed by atoms with Gasteiger partial charge in [0.2, 0.25) is 5.57 Å². The number of rotatable bonds is 0. The van der Waals surface area contributed by atoms with E-state index in [1.165, 1.54) is 0 Å². The molecule has 1 N–H and O–H groups in total. The Balaban J connectivity index is 2.67. The zero-order chi connectivity index (χ0) is 8.55. The van der Waals surface area contributed by atoms with Crippen molar-refractivity contribution in [3.63, 3.8) is 0 Å². The number of nitrogens with one attached hydrogen (secondary N) is 1. The van der Waals surface area contributed by atoms with Crippen LogP contribution in [0.4, 0.5) is 0 Å². The van der Waals surface area contributed by atoms with E-state index >= 15 is 0 Å². The second-order valence-corrected chi connectivity index (χ2v) is 2.75. The molecule has 0 saturated heterocycles. The quantitative estimate of drug-likeness (QED) is 0.555. The van der Waals surface area contributed by atoms with E-state index in [0.29, 0.717) is 11.3 Å². The van der Waals surface area contributed by atoms with Crippen LogP contribution in [0.3, 0.4) is 0 Å². The molecule has 0 saturated carbocycles. The number of hydrogen-bond acceptors (Lipinski definition) is 1. The Hall–Kier alpha value is -1.72. The van der Waals surface area contributed by atoms with Crippen molar-refractivity contribution in [1.82, 2.24) is 0 Å². The molecule has 0 radical (unpaired) electrons. The van der Waals surface area contributed by atoms with Gasteiger partial charge in [0.05, 0.1) is 11.6 Å². The van der Waals surface area contributed by atoms with E-state index < -0.39 is 0 Å². The molecule has 2 rings (SSSR count). The van der Waals surface area contributed by atoms with Gasteiger partial charge in [-0.25, -0.2) is 5.41 Å². The van der Waals surface area contributed by atoms with E-state index in [2.05, 4.69) is 0 Å². The van der Waals surface area contributed by atoms with Crippen molar-refractivity contribution in [1.29, 1.82) is 5.41 Å². The molecule has 56 valence electrons. The Morgan fingerprint density at radius 1 is 1.08 bits per heavy atom. The molecule has 0 heterocycles. The van der Waals surface area contributed by atoms with Gasteiger partial charge >= 0.3 is 0 Å². The first-order valence-corrected chi connectivity index (χ1v) is 3.78. The van der Waals surface area contributed by atoms with Crippen LogP contribution in [0.25, 0.3) is 6.08 Å². The van der Waals surface area contributed by atoms with Crippen LogP contribution in [-0.4, -0.2) is 5.71 Å². The standard InChI is InChI=1S/C11H8N/c1-8-6-7-9-4-2-3-5-10(9)11(8)12/h1-7,12H/q+1. The van der Waals surface area contributed by atoms with Gasteiger partial charge in [-0.1, -0.05) is 18.2 Å². The summed E-state index contributed by atoms with van der Waals surface area (Å²) in [5, 5.41) is 7.66. The van der Waals surface area contributed by atoms with E-state index in [1.807, 2.05) is 30.3 Å². The minimum atomic E-state index is 0.424. The van der Waals surface area contributed by atoms with Crippen molar-refractivity contribution >= 4 is 11.8 Å². The minimum Gasteiger partial charge on any atom is -0.233 e. The predicted molar refractivity (Wildman–Crippen MR) is 50.1 cm³/mol. The highest BCUT2D eigenvalue weighted by atomic mass is 14.4. The molecule has 1 aliphatic carbocycles. The number of fused-ring (bicyclic) bond motifs is 1. The van der Waals surface area contributed by atoms with Crippen LogP contribution in [0, 0.1) is 12.0 Å². The Labute approximate surface area is 71.6 Å². The average molecular weight is 154 g/mol. The van der Waals surface area contributed by atoms with Crippen LogP contribution in [0.15, 0.2) is 35.9 Å². The van der Waals surface area contributed by atoms with Crippen molar-refractivity contribution in [2.24, 2.45) is 0 Å². The third-order valence-corrected chi connectivity index (χ3v) is 1.96. The topological polar surface area (TPSA) is 23.9 Å². The number of allylic oxidation sites excluding steroid dienone is 2. The van der Waals surface area contributed by atoms with E-state index in [4.69, 9.17) is 12.0 Å². The van der Waals surface area contributed by atoms with E-state index in [9.17, 15) is 0 Å². The van der Waals surface area contributed by atoms with Gasteiger partial charge in [-0.2, -0.15) is 0 Å². The fraction of sp³-hybridized carbons (Fsp3) is 0. The molecule has 0 spiro atoms. The second kappa shape index (κ2) is 2.40. The Morgan fingerprint density at radius 3 is 2.67 bits per heavy atom.